The molecule has 3 aromatic heterocycles. The monoisotopic (exact) mass is 491 g/mol. The molecule has 0 N–H and O–H groups in total. The predicted molar refractivity (Wildman–Crippen MR) is 132 cm³/mol. The number of benzene rings is 1. The van der Waals surface area contributed by atoms with Gasteiger partial charge in [0.1, 0.15) is 11.3 Å². The van der Waals surface area contributed by atoms with Crippen LogP contribution in [0.15, 0.2) is 70.4 Å². The summed E-state index contributed by atoms with van der Waals surface area (Å²) in [5.74, 6) is 0.493. The lowest BCUT2D eigenvalue weighted by Gasteiger charge is -2.35. The van der Waals surface area contributed by atoms with Crippen molar-refractivity contribution >= 4 is 26.8 Å². The zero-order chi connectivity index (χ0) is 24.7. The Kier molecular flexibility index (Phi) is 5.90. The van der Waals surface area contributed by atoms with Crippen molar-refractivity contribution in [3.05, 3.63) is 66.5 Å². The summed E-state index contributed by atoms with van der Waals surface area (Å²) in [7, 11) is -3.39. The maximum atomic E-state index is 13.2. The van der Waals surface area contributed by atoms with Gasteiger partial charge < -0.3 is 14.1 Å². The van der Waals surface area contributed by atoms with Crippen LogP contribution in [0.25, 0.3) is 33.6 Å². The van der Waals surface area contributed by atoms with Gasteiger partial charge in [0.15, 0.2) is 20.4 Å². The van der Waals surface area contributed by atoms with Gasteiger partial charge >= 0.3 is 0 Å². The van der Waals surface area contributed by atoms with Crippen LogP contribution in [0.4, 0.5) is 0 Å². The molecule has 180 valence electrons. The number of aromatic nitrogens is 2. The molecule has 0 unspecified atom stereocenters. The van der Waals surface area contributed by atoms with Crippen LogP contribution in [0.3, 0.4) is 0 Å². The summed E-state index contributed by atoms with van der Waals surface area (Å²) in [6.45, 7) is 5.05. The van der Waals surface area contributed by atoms with Gasteiger partial charge in [-0.25, -0.2) is 13.4 Å². The normalized spacial score (nSPS) is 18.7. The highest BCUT2D eigenvalue weighted by Gasteiger charge is 2.27. The SMILES string of the molecule is C[C@@H]1CN(C(=O)c2cccc(-c3ccnc4cc(-c5ccc(S(C)(=O)=O)nc5)oc34)c2)C[C@H](C)O1. The molecule has 1 amide bonds. The smallest absolute Gasteiger partial charge is 0.254 e. The molecule has 1 aromatic carbocycles. The second kappa shape index (κ2) is 8.90. The van der Waals surface area contributed by atoms with E-state index >= 15 is 0 Å². The van der Waals surface area contributed by atoms with Crippen LogP contribution >= 0.6 is 0 Å². The summed E-state index contributed by atoms with van der Waals surface area (Å²) in [5.41, 5.74) is 4.11. The summed E-state index contributed by atoms with van der Waals surface area (Å²) in [5, 5.41) is 0.00159. The van der Waals surface area contributed by atoms with Crippen LogP contribution in [0.2, 0.25) is 0 Å². The molecule has 1 saturated heterocycles. The fourth-order valence-electron chi connectivity index (χ4n) is 4.40. The Labute approximate surface area is 203 Å². The number of amides is 1. The van der Waals surface area contributed by atoms with Crippen molar-refractivity contribution < 1.29 is 22.4 Å². The van der Waals surface area contributed by atoms with Gasteiger partial charge in [-0.3, -0.25) is 9.78 Å². The number of nitrogens with zero attached hydrogens (tertiary/aromatic N) is 3. The molecule has 0 bridgehead atoms. The van der Waals surface area contributed by atoms with Crippen molar-refractivity contribution in [1.29, 1.82) is 0 Å². The first-order chi connectivity index (χ1) is 16.7. The summed E-state index contributed by atoms with van der Waals surface area (Å²) >= 11 is 0. The highest BCUT2D eigenvalue weighted by Crippen LogP contribution is 2.34. The van der Waals surface area contributed by atoms with Gasteiger partial charge in [-0.2, -0.15) is 0 Å². The number of carbonyl (C=O) groups excluding carboxylic acids is 1. The predicted octanol–water partition coefficient (Wildman–Crippen LogP) is 4.21. The van der Waals surface area contributed by atoms with Crippen molar-refractivity contribution in [2.24, 2.45) is 0 Å². The van der Waals surface area contributed by atoms with Crippen molar-refractivity contribution in [1.82, 2.24) is 14.9 Å². The van der Waals surface area contributed by atoms with Crippen LogP contribution in [0, 0.1) is 0 Å². The topological polar surface area (TPSA) is 103 Å². The van der Waals surface area contributed by atoms with Crippen LogP contribution < -0.4 is 0 Å². The highest BCUT2D eigenvalue weighted by atomic mass is 32.2. The Morgan fingerprint density at radius 3 is 2.46 bits per heavy atom. The summed E-state index contributed by atoms with van der Waals surface area (Å²) in [4.78, 5) is 23.5. The molecule has 4 heterocycles. The first-order valence-electron chi connectivity index (χ1n) is 11.3. The van der Waals surface area contributed by atoms with Gasteiger partial charge in [-0.15, -0.1) is 0 Å². The van der Waals surface area contributed by atoms with Gasteiger partial charge in [-0.05, 0) is 49.7 Å². The Morgan fingerprint density at radius 1 is 1.00 bits per heavy atom. The number of furan rings is 1. The van der Waals surface area contributed by atoms with Gasteiger partial charge in [-0.1, -0.05) is 12.1 Å². The lowest BCUT2D eigenvalue weighted by Crippen LogP contribution is -2.48. The summed E-state index contributed by atoms with van der Waals surface area (Å²) < 4.78 is 35.3. The molecule has 1 fully saturated rings. The maximum absolute atomic E-state index is 13.2. The van der Waals surface area contributed by atoms with Gasteiger partial charge in [0.25, 0.3) is 5.91 Å². The second-order valence-electron chi connectivity index (χ2n) is 8.89. The second-order valence-corrected chi connectivity index (χ2v) is 10.9. The highest BCUT2D eigenvalue weighted by molar-refractivity contribution is 7.90. The number of morpholine rings is 1. The van der Waals surface area contributed by atoms with E-state index in [1.807, 2.05) is 49.1 Å². The van der Waals surface area contributed by atoms with E-state index in [9.17, 15) is 13.2 Å². The number of fused-ring (bicyclic) bond motifs is 1. The van der Waals surface area contributed by atoms with E-state index in [1.165, 1.54) is 12.3 Å². The van der Waals surface area contributed by atoms with Crippen molar-refractivity contribution in [2.45, 2.75) is 31.1 Å². The van der Waals surface area contributed by atoms with Crippen molar-refractivity contribution in [2.75, 3.05) is 19.3 Å². The minimum absolute atomic E-state index is 0.00159. The molecule has 0 aliphatic carbocycles. The van der Waals surface area contributed by atoms with Crippen LogP contribution in [-0.4, -0.2) is 60.7 Å². The number of sulfone groups is 1. The minimum Gasteiger partial charge on any atom is -0.454 e. The lowest BCUT2D eigenvalue weighted by molar-refractivity contribution is -0.0586. The van der Waals surface area contributed by atoms with E-state index in [4.69, 9.17) is 9.15 Å². The first kappa shape index (κ1) is 23.2. The average molecular weight is 492 g/mol. The van der Waals surface area contributed by atoms with Crippen LogP contribution in [-0.2, 0) is 14.6 Å². The largest absolute Gasteiger partial charge is 0.454 e. The molecule has 5 rings (SSSR count). The number of ether oxygens (including phenoxy) is 1. The fraction of sp³-hybridized carbons (Fsp3) is 0.269. The third kappa shape index (κ3) is 4.69. The van der Waals surface area contributed by atoms with E-state index in [1.54, 1.807) is 18.3 Å². The first-order valence-corrected chi connectivity index (χ1v) is 13.2. The van der Waals surface area contributed by atoms with Gasteiger partial charge in [0.05, 0.1) is 12.2 Å². The minimum atomic E-state index is -3.39. The molecule has 9 heteroatoms. The van der Waals surface area contributed by atoms with E-state index in [0.29, 0.717) is 41.1 Å². The third-order valence-electron chi connectivity index (χ3n) is 5.94. The molecule has 4 aromatic rings. The molecule has 8 nitrogen and oxygen atoms in total. The van der Waals surface area contributed by atoms with Crippen LogP contribution in [0.1, 0.15) is 24.2 Å². The number of hydrogen-bond acceptors (Lipinski definition) is 7. The summed E-state index contributed by atoms with van der Waals surface area (Å²) in [6, 6.07) is 14.2. The number of pyridine rings is 2. The van der Waals surface area contributed by atoms with Gasteiger partial charge in [0.2, 0.25) is 0 Å². The van der Waals surface area contributed by atoms with E-state index < -0.39 is 9.84 Å². The van der Waals surface area contributed by atoms with Crippen LogP contribution in [0.5, 0.6) is 0 Å². The zero-order valence-corrected chi connectivity index (χ0v) is 20.5. The summed E-state index contributed by atoms with van der Waals surface area (Å²) in [6.07, 6.45) is 4.27. The van der Waals surface area contributed by atoms with Crippen molar-refractivity contribution in [3.63, 3.8) is 0 Å². The molecule has 1 aliphatic rings. The lowest BCUT2D eigenvalue weighted by atomic mass is 10.0. The molecule has 0 radical (unpaired) electrons. The number of rotatable bonds is 4. The Morgan fingerprint density at radius 2 is 1.77 bits per heavy atom. The molecular formula is C26H25N3O5S. The average Bonchev–Trinajstić information content (AvgIpc) is 3.27. The molecule has 2 atom stereocenters. The van der Waals surface area contributed by atoms with E-state index in [0.717, 1.165) is 17.4 Å². The quantitative estimate of drug-likeness (QED) is 0.421. The molecule has 0 saturated carbocycles. The fourth-order valence-corrected chi connectivity index (χ4v) is 4.96. The third-order valence-corrected chi connectivity index (χ3v) is 6.94. The molecular weight excluding hydrogens is 466 g/mol. The number of hydrogen-bond donors (Lipinski definition) is 0. The zero-order valence-electron chi connectivity index (χ0n) is 19.6. The standard InChI is InChI=1S/C26H25N3O5S/c1-16-14-29(15-17(2)33-16)26(30)19-6-4-5-18(11-19)21-9-10-27-22-12-23(34-25(21)22)20-7-8-24(28-13-20)35(3,31)32/h4-13,16-17H,14-15H2,1-3H3/t16-,17+. The van der Waals surface area contributed by atoms with E-state index in [-0.39, 0.29) is 23.1 Å². The van der Waals surface area contributed by atoms with Crippen molar-refractivity contribution in [3.8, 4) is 22.5 Å². The Bertz CT molecular complexity index is 1500. The number of carbonyl (C=O) groups is 1. The molecule has 1 aliphatic heterocycles. The molecule has 35 heavy (non-hydrogen) atoms. The Hall–Kier alpha value is -3.56. The Balaban J connectivity index is 1.49. The van der Waals surface area contributed by atoms with E-state index in [2.05, 4.69) is 9.97 Å². The maximum Gasteiger partial charge on any atom is 0.254 e. The van der Waals surface area contributed by atoms with Gasteiger partial charge in [0, 0.05) is 54.5 Å². The molecule has 0 spiro atoms.